The van der Waals surface area contributed by atoms with Gasteiger partial charge in [0.05, 0.1) is 35.3 Å². The van der Waals surface area contributed by atoms with Crippen LogP contribution in [0.5, 0.6) is 11.5 Å². The van der Waals surface area contributed by atoms with E-state index in [1.807, 2.05) is 26.0 Å². The van der Waals surface area contributed by atoms with E-state index in [0.29, 0.717) is 42.7 Å². The summed E-state index contributed by atoms with van der Waals surface area (Å²) < 4.78 is 19.6. The van der Waals surface area contributed by atoms with Gasteiger partial charge in [-0.1, -0.05) is 29.8 Å². The predicted octanol–water partition coefficient (Wildman–Crippen LogP) is 6.42. The van der Waals surface area contributed by atoms with Gasteiger partial charge in [-0.05, 0) is 76.4 Å². The molecule has 2 aromatic carbocycles. The number of nitrogens with zero attached hydrogens (tertiary/aromatic N) is 3. The Balaban J connectivity index is 2.10. The van der Waals surface area contributed by atoms with E-state index in [1.165, 1.54) is 11.8 Å². The number of methoxy groups -OCH3 is 1. The molecule has 36 heavy (non-hydrogen) atoms. The highest BCUT2D eigenvalue weighted by atomic mass is 79.9. The molecule has 3 rings (SSSR count). The molecule has 1 aromatic heterocycles. The number of halogens is 3. The fourth-order valence-corrected chi connectivity index (χ4v) is 4.62. The number of ether oxygens (including phenoxy) is 3. The molecule has 0 aliphatic rings. The van der Waals surface area contributed by atoms with Crippen LogP contribution in [0.15, 0.2) is 47.6 Å². The number of aromatic nitrogens is 2. The highest BCUT2D eigenvalue weighted by molar-refractivity contribution is 9.13. The Kier molecular flexibility index (Phi) is 9.71. The highest BCUT2D eigenvalue weighted by Crippen LogP contribution is 2.43. The van der Waals surface area contributed by atoms with Gasteiger partial charge in [-0.25, -0.2) is 9.78 Å². The first kappa shape index (κ1) is 28.3. The first-order valence-electron chi connectivity index (χ1n) is 11.3. The first-order valence-corrected chi connectivity index (χ1v) is 13.7. The molecule has 11 heteroatoms. The van der Waals surface area contributed by atoms with Gasteiger partial charge in [-0.3, -0.25) is 4.79 Å². The zero-order chi connectivity index (χ0) is 26.6. The molecule has 0 saturated heterocycles. The maximum absolute atomic E-state index is 13.4. The lowest BCUT2D eigenvalue weighted by atomic mass is 10.1. The summed E-state index contributed by atoms with van der Waals surface area (Å²) in [4.78, 5) is 30.2. The quantitative estimate of drug-likeness (QED) is 0.191. The van der Waals surface area contributed by atoms with Crippen LogP contribution >= 0.6 is 47.8 Å². The fourth-order valence-electron chi connectivity index (χ4n) is 3.34. The van der Waals surface area contributed by atoms with Crippen molar-refractivity contribution in [2.45, 2.75) is 46.1 Å². The second kappa shape index (κ2) is 12.3. The van der Waals surface area contributed by atoms with Gasteiger partial charge in [0.15, 0.2) is 17.6 Å². The second-order valence-electron chi connectivity index (χ2n) is 7.94. The predicted molar refractivity (Wildman–Crippen MR) is 151 cm³/mol. The van der Waals surface area contributed by atoms with Crippen LogP contribution in [0.25, 0.3) is 10.9 Å². The Morgan fingerprint density at radius 1 is 1.17 bits per heavy atom. The van der Waals surface area contributed by atoms with Gasteiger partial charge in [0, 0.05) is 20.4 Å². The summed E-state index contributed by atoms with van der Waals surface area (Å²) in [5.74, 6) is 0.793. The molecule has 0 unspecified atom stereocenters. The maximum Gasteiger partial charge on any atom is 0.347 e. The molecule has 0 aliphatic carbocycles. The number of esters is 1. The monoisotopic (exact) mass is 685 g/mol. The van der Waals surface area contributed by atoms with E-state index in [9.17, 15) is 9.59 Å². The Bertz CT molecular complexity index is 1370. The third-order valence-corrected chi connectivity index (χ3v) is 8.12. The third kappa shape index (κ3) is 6.00. The second-order valence-corrected chi connectivity index (χ2v) is 10.4. The smallest absolute Gasteiger partial charge is 0.347 e. The minimum absolute atomic E-state index is 0.00718. The Hall–Kier alpha value is -2.24. The van der Waals surface area contributed by atoms with Crippen molar-refractivity contribution in [1.29, 1.82) is 0 Å². The minimum atomic E-state index is -0.846. The van der Waals surface area contributed by atoms with Crippen molar-refractivity contribution >= 4 is 70.9 Å². The molecule has 0 bridgehead atoms. The number of benzene rings is 2. The van der Waals surface area contributed by atoms with Crippen LogP contribution in [0, 0.1) is 0 Å². The van der Waals surface area contributed by atoms with E-state index in [0.717, 1.165) is 10.9 Å². The minimum Gasteiger partial charge on any atom is -0.493 e. The number of rotatable bonds is 9. The molecule has 0 N–H and O–H groups in total. The number of carbonyl (C=O) groups is 1. The Morgan fingerprint density at radius 2 is 1.89 bits per heavy atom. The Labute approximate surface area is 234 Å². The van der Waals surface area contributed by atoms with Crippen LogP contribution in [-0.4, -0.2) is 41.7 Å². The number of fused-ring (bicyclic) bond motifs is 1. The van der Waals surface area contributed by atoms with Crippen molar-refractivity contribution < 1.29 is 19.0 Å². The standard InChI is InChI=1S/C25H26Br3N3O5/c1-6-13(3)23-30-18-9-8-16(26)11-17(18)24(32)31(23)29-12-15-10-19(34-5)22(21(28)20(15)27)36-14(4)25(33)35-7-2/h8-14H,6-7H2,1-5H3/t13-,14+/m0/s1. The lowest BCUT2D eigenvalue weighted by molar-refractivity contribution is -0.150. The van der Waals surface area contributed by atoms with E-state index in [-0.39, 0.29) is 18.1 Å². The zero-order valence-corrected chi connectivity index (χ0v) is 25.2. The normalized spacial score (nSPS) is 13.1. The van der Waals surface area contributed by atoms with E-state index in [4.69, 9.17) is 19.2 Å². The lowest BCUT2D eigenvalue weighted by Gasteiger charge is -2.19. The average Bonchev–Trinajstić information content (AvgIpc) is 2.86. The summed E-state index contributed by atoms with van der Waals surface area (Å²) >= 11 is 10.5. The van der Waals surface area contributed by atoms with E-state index >= 15 is 0 Å². The highest BCUT2D eigenvalue weighted by Gasteiger charge is 2.23. The average molecular weight is 688 g/mol. The summed E-state index contributed by atoms with van der Waals surface area (Å²) in [5.41, 5.74) is 0.970. The summed E-state index contributed by atoms with van der Waals surface area (Å²) in [7, 11) is 1.50. The van der Waals surface area contributed by atoms with Crippen LogP contribution in [0.2, 0.25) is 0 Å². The van der Waals surface area contributed by atoms with Crippen molar-refractivity contribution in [3.63, 3.8) is 0 Å². The van der Waals surface area contributed by atoms with Crippen LogP contribution in [0.4, 0.5) is 0 Å². The number of hydrogen-bond acceptors (Lipinski definition) is 7. The summed E-state index contributed by atoms with van der Waals surface area (Å²) in [6, 6.07) is 7.11. The molecule has 0 saturated carbocycles. The SMILES string of the molecule is CCOC(=O)[C@@H](C)Oc1c(OC)cc(C=Nn2c([C@@H](C)CC)nc3ccc(Br)cc3c2=O)c(Br)c1Br. The van der Waals surface area contributed by atoms with Crippen molar-refractivity contribution in [1.82, 2.24) is 9.66 Å². The zero-order valence-electron chi connectivity index (χ0n) is 20.5. The molecule has 0 radical (unpaired) electrons. The van der Waals surface area contributed by atoms with Gasteiger partial charge < -0.3 is 14.2 Å². The van der Waals surface area contributed by atoms with Crippen molar-refractivity contribution in [2.75, 3.05) is 13.7 Å². The molecule has 0 spiro atoms. The van der Waals surface area contributed by atoms with Crippen molar-refractivity contribution in [2.24, 2.45) is 5.10 Å². The molecule has 0 aliphatic heterocycles. The molecule has 8 nitrogen and oxygen atoms in total. The van der Waals surface area contributed by atoms with Crippen molar-refractivity contribution in [3.8, 4) is 11.5 Å². The van der Waals surface area contributed by atoms with Crippen molar-refractivity contribution in [3.05, 3.63) is 59.4 Å². The third-order valence-electron chi connectivity index (χ3n) is 5.49. The maximum atomic E-state index is 13.4. The van der Waals surface area contributed by atoms with Crippen LogP contribution in [0.1, 0.15) is 51.4 Å². The number of carbonyl (C=O) groups excluding carboxylic acids is 1. The van der Waals surface area contributed by atoms with Crippen LogP contribution in [0.3, 0.4) is 0 Å². The molecule has 1 heterocycles. The topological polar surface area (TPSA) is 92.0 Å². The van der Waals surface area contributed by atoms with Crippen LogP contribution in [-0.2, 0) is 9.53 Å². The van der Waals surface area contributed by atoms with E-state index < -0.39 is 12.1 Å². The van der Waals surface area contributed by atoms with E-state index in [2.05, 4.69) is 52.9 Å². The van der Waals surface area contributed by atoms with Gasteiger partial charge in [0.1, 0.15) is 5.82 Å². The molecule has 2 atom stereocenters. The largest absolute Gasteiger partial charge is 0.493 e. The van der Waals surface area contributed by atoms with Gasteiger partial charge in [-0.15, -0.1) is 0 Å². The molecule has 192 valence electrons. The van der Waals surface area contributed by atoms with Gasteiger partial charge in [0.2, 0.25) is 0 Å². The molecule has 3 aromatic rings. The van der Waals surface area contributed by atoms with Crippen LogP contribution < -0.4 is 15.0 Å². The van der Waals surface area contributed by atoms with Gasteiger partial charge >= 0.3 is 5.97 Å². The molecular formula is C25H26Br3N3O5. The van der Waals surface area contributed by atoms with E-state index in [1.54, 1.807) is 32.2 Å². The molecule has 0 amide bonds. The summed E-state index contributed by atoms with van der Waals surface area (Å²) in [5, 5.41) is 4.99. The summed E-state index contributed by atoms with van der Waals surface area (Å²) in [6.45, 7) is 7.62. The lowest BCUT2D eigenvalue weighted by Crippen LogP contribution is -2.26. The van der Waals surface area contributed by atoms with Gasteiger partial charge in [-0.2, -0.15) is 9.78 Å². The number of hydrogen-bond donors (Lipinski definition) is 0. The Morgan fingerprint density at radius 3 is 2.53 bits per heavy atom. The molecular weight excluding hydrogens is 662 g/mol. The molecule has 0 fully saturated rings. The first-order chi connectivity index (χ1) is 17.1. The fraction of sp³-hybridized carbons (Fsp3) is 0.360. The van der Waals surface area contributed by atoms with Gasteiger partial charge in [0.25, 0.3) is 5.56 Å². The summed E-state index contributed by atoms with van der Waals surface area (Å²) in [6.07, 6.45) is 1.49.